The van der Waals surface area contributed by atoms with Gasteiger partial charge in [0.2, 0.25) is 11.8 Å². The summed E-state index contributed by atoms with van der Waals surface area (Å²) in [5, 5.41) is 14.0. The van der Waals surface area contributed by atoms with Crippen LogP contribution in [0.3, 0.4) is 0 Å². The van der Waals surface area contributed by atoms with Crippen molar-refractivity contribution < 1.29 is 29.0 Å². The van der Waals surface area contributed by atoms with E-state index in [0.717, 1.165) is 63.0 Å². The summed E-state index contributed by atoms with van der Waals surface area (Å²) in [6.07, 6.45) is 9.64. The number of pyridine rings is 1. The van der Waals surface area contributed by atoms with Crippen LogP contribution in [-0.4, -0.2) is 98.3 Å². The van der Waals surface area contributed by atoms with Crippen molar-refractivity contribution in [2.24, 2.45) is 11.3 Å². The third-order valence-electron chi connectivity index (χ3n) is 12.0. The number of piperidine rings is 2. The van der Waals surface area contributed by atoms with E-state index in [2.05, 4.69) is 60.6 Å². The summed E-state index contributed by atoms with van der Waals surface area (Å²) in [7, 11) is 1.59. The van der Waals surface area contributed by atoms with Crippen molar-refractivity contribution in [2.45, 2.75) is 57.4 Å². The molecule has 3 N–H and O–H groups in total. The highest BCUT2D eigenvalue weighted by Gasteiger charge is 2.46. The van der Waals surface area contributed by atoms with Crippen molar-refractivity contribution in [2.75, 3.05) is 69.3 Å². The Labute approximate surface area is 341 Å². The summed E-state index contributed by atoms with van der Waals surface area (Å²) < 4.78 is 11.0. The van der Waals surface area contributed by atoms with Crippen LogP contribution in [0.25, 0.3) is 0 Å². The maximum atomic E-state index is 12.8. The number of amides is 3. The average molecular weight is 789 g/mol. The summed E-state index contributed by atoms with van der Waals surface area (Å²) in [6, 6.07) is 29.0. The summed E-state index contributed by atoms with van der Waals surface area (Å²) in [6.45, 7) is 8.03. The molecule has 1 saturated carbocycles. The number of carbonyl (C=O) groups excluding carboxylic acids is 3. The first-order valence-electron chi connectivity index (χ1n) is 20.7. The first-order chi connectivity index (χ1) is 28.3. The summed E-state index contributed by atoms with van der Waals surface area (Å²) in [4.78, 5) is 47.9. The van der Waals surface area contributed by atoms with Crippen LogP contribution < -0.4 is 29.9 Å². The van der Waals surface area contributed by atoms with Crippen molar-refractivity contribution >= 4 is 29.1 Å². The molecule has 1 aliphatic carbocycles. The first-order valence-corrected chi connectivity index (χ1v) is 20.7. The number of hydrogen-bond donors (Lipinski definition) is 3. The number of imide groups is 1. The molecular weight excluding hydrogens is 733 g/mol. The fraction of sp³-hybridized carbons (Fsp3) is 0.435. The molecule has 3 saturated heterocycles. The van der Waals surface area contributed by atoms with Crippen LogP contribution in [-0.2, 0) is 16.0 Å². The van der Waals surface area contributed by atoms with Gasteiger partial charge >= 0.3 is 0 Å². The Hall–Kier alpha value is -5.62. The van der Waals surface area contributed by atoms with E-state index in [9.17, 15) is 14.4 Å². The van der Waals surface area contributed by atoms with E-state index >= 15 is 0 Å². The second-order valence-electron chi connectivity index (χ2n) is 16.0. The molecule has 1 atom stereocenters. The fourth-order valence-electron chi connectivity index (χ4n) is 8.85. The zero-order valence-electron chi connectivity index (χ0n) is 33.5. The normalized spacial score (nSPS) is 20.1. The van der Waals surface area contributed by atoms with E-state index < -0.39 is 17.9 Å². The van der Waals surface area contributed by atoms with Crippen LogP contribution in [0.1, 0.15) is 61.0 Å². The highest BCUT2D eigenvalue weighted by atomic mass is 16.5. The smallest absolute Gasteiger partial charge is 0.270 e. The number of benzene rings is 3. The number of rotatable bonds is 7. The van der Waals surface area contributed by atoms with Gasteiger partial charge < -0.3 is 29.7 Å². The second-order valence-corrected chi connectivity index (χ2v) is 16.0. The number of aromatic nitrogens is 1. The Morgan fingerprint density at radius 3 is 2.26 bits per heavy atom. The molecule has 1 aromatic heterocycles. The quantitative estimate of drug-likeness (QED) is 0.196. The Kier molecular flexibility index (Phi) is 13.4. The summed E-state index contributed by atoms with van der Waals surface area (Å²) >= 11 is 0. The molecule has 1 unspecified atom stereocenters. The first kappa shape index (κ1) is 40.6. The Morgan fingerprint density at radius 2 is 1.59 bits per heavy atom. The number of aromatic hydroxyl groups is 1. The lowest BCUT2D eigenvalue weighted by Gasteiger charge is -2.54. The minimum absolute atomic E-state index is 0.183. The van der Waals surface area contributed by atoms with Crippen molar-refractivity contribution in [3.05, 3.63) is 108 Å². The summed E-state index contributed by atoms with van der Waals surface area (Å²) in [5.74, 6) is 1.25. The van der Waals surface area contributed by atoms with Gasteiger partial charge in [-0.25, -0.2) is 4.98 Å². The highest BCUT2D eigenvalue weighted by Crippen LogP contribution is 2.53. The lowest BCUT2D eigenvalue weighted by atomic mass is 9.57. The van der Waals surface area contributed by atoms with Crippen LogP contribution >= 0.6 is 0 Å². The minimum atomic E-state index is -0.742. The largest absolute Gasteiger partial charge is 0.508 e. The number of methoxy groups -OCH3 is 1. The van der Waals surface area contributed by atoms with Gasteiger partial charge in [0, 0.05) is 70.1 Å². The average Bonchev–Trinajstić information content (AvgIpc) is 3.26. The zero-order valence-corrected chi connectivity index (χ0v) is 33.5. The number of phenolic OH excluding ortho intramolecular Hbond substituents is 1. The van der Waals surface area contributed by atoms with Crippen LogP contribution in [0.15, 0.2) is 97.2 Å². The fourth-order valence-corrected chi connectivity index (χ4v) is 8.85. The number of anilines is 2. The molecule has 306 valence electrons. The molecule has 0 radical (unpaired) electrons. The number of aryl methyl sites for hydroxylation is 1. The molecular formula is C46H56N6O6. The molecule has 5 aliphatic rings. The number of hydrogen-bond acceptors (Lipinski definition) is 10. The maximum Gasteiger partial charge on any atom is 0.270 e. The molecule has 0 bridgehead atoms. The monoisotopic (exact) mass is 788 g/mol. The molecule has 5 heterocycles. The number of carbonyl (C=O) groups is 3. The lowest BCUT2D eigenvalue weighted by Crippen LogP contribution is -2.53. The van der Waals surface area contributed by atoms with Gasteiger partial charge in [0.15, 0.2) is 0 Å². The van der Waals surface area contributed by atoms with Gasteiger partial charge in [-0.15, -0.1) is 0 Å². The van der Waals surface area contributed by atoms with Crippen LogP contribution in [0.2, 0.25) is 0 Å². The molecule has 58 heavy (non-hydrogen) atoms. The van der Waals surface area contributed by atoms with Gasteiger partial charge in [-0.1, -0.05) is 60.7 Å². The number of nitrogens with one attached hydrogen (secondary N) is 2. The molecule has 9 rings (SSSR count). The zero-order chi connectivity index (χ0) is 40.3. The number of piperazine rings is 1. The van der Waals surface area contributed by atoms with Crippen LogP contribution in [0.5, 0.6) is 17.2 Å². The molecule has 4 aliphatic heterocycles. The number of ether oxygens (including phenoxy) is 2. The van der Waals surface area contributed by atoms with Gasteiger partial charge in [-0.3, -0.25) is 24.6 Å². The van der Waals surface area contributed by atoms with Gasteiger partial charge in [0.05, 0.1) is 25.6 Å². The van der Waals surface area contributed by atoms with E-state index in [1.54, 1.807) is 31.5 Å². The highest BCUT2D eigenvalue weighted by molar-refractivity contribution is 6.03. The maximum absolute atomic E-state index is 12.8. The second kappa shape index (κ2) is 19.2. The lowest BCUT2D eigenvalue weighted by molar-refractivity contribution is -0.134. The molecule has 4 aromatic rings. The van der Waals surface area contributed by atoms with Crippen molar-refractivity contribution in [1.82, 2.24) is 20.5 Å². The Bertz CT molecular complexity index is 1950. The predicted octanol–water partition coefficient (Wildman–Crippen LogP) is 5.85. The molecule has 12 nitrogen and oxygen atoms in total. The predicted molar refractivity (Wildman–Crippen MR) is 224 cm³/mol. The van der Waals surface area contributed by atoms with Gasteiger partial charge in [-0.05, 0) is 80.0 Å². The van der Waals surface area contributed by atoms with E-state index in [1.807, 2.05) is 42.5 Å². The third-order valence-corrected chi connectivity index (χ3v) is 12.0. The van der Waals surface area contributed by atoms with Crippen molar-refractivity contribution in [3.8, 4) is 17.2 Å². The summed E-state index contributed by atoms with van der Waals surface area (Å²) in [5.41, 5.74) is 4.17. The molecule has 3 aromatic carbocycles. The van der Waals surface area contributed by atoms with Crippen molar-refractivity contribution in [1.29, 1.82) is 0 Å². The van der Waals surface area contributed by atoms with E-state index in [1.165, 1.54) is 56.6 Å². The van der Waals surface area contributed by atoms with Gasteiger partial charge in [-0.2, -0.15) is 0 Å². The minimum Gasteiger partial charge on any atom is -0.508 e. The SMILES string of the molecule is COc1cc(C(=O)NC2CCC(=O)NC2=O)ncc1N1CCN(CC2CC3(CCN(c4ccccc4)CC3)C2)CC1.Oc1ccc2c(c1)OCCC2.c1ccccc1. The third kappa shape index (κ3) is 10.5. The number of para-hydroxylation sites is 1. The Morgan fingerprint density at radius 1 is 0.897 bits per heavy atom. The van der Waals surface area contributed by atoms with E-state index in [0.29, 0.717) is 11.2 Å². The number of fused-ring (bicyclic) bond motifs is 1. The van der Waals surface area contributed by atoms with Gasteiger partial charge in [0.1, 0.15) is 29.0 Å². The van der Waals surface area contributed by atoms with Crippen LogP contribution in [0, 0.1) is 11.3 Å². The topological polar surface area (TPSA) is 137 Å². The van der Waals surface area contributed by atoms with Gasteiger partial charge in [0.25, 0.3) is 5.91 Å². The number of phenols is 1. The molecule has 3 amide bonds. The molecule has 12 heteroatoms. The van der Waals surface area contributed by atoms with Crippen molar-refractivity contribution in [3.63, 3.8) is 0 Å². The molecule has 1 spiro atoms. The van der Waals surface area contributed by atoms with E-state index in [4.69, 9.17) is 14.6 Å². The van der Waals surface area contributed by atoms with Crippen LogP contribution in [0.4, 0.5) is 11.4 Å². The standard InChI is InChI=1S/C31H40N6O4.C9H10O2.C6H6/c1-41-27-17-25(30(40)33-24-7-8-28(38)34-29(24)39)32-20-26(27)37-15-13-35(14-16-37)21-22-18-31(19-22)9-11-36(12-10-31)23-5-3-2-4-6-23;10-8-4-3-7-2-1-5-11-9(7)6-8;1-2-4-6-5-3-1/h2-6,17,20,22,24H,7-16,18-19,21H2,1H3,(H,33,40)(H,34,38,39);3-4,6,10H,1-2,5H2;1-6H. The number of nitrogens with zero attached hydrogens (tertiary/aromatic N) is 4. The Balaban J connectivity index is 0.000000246. The molecule has 4 fully saturated rings. The van der Waals surface area contributed by atoms with E-state index in [-0.39, 0.29) is 30.2 Å².